The Kier molecular flexibility index (Phi) is 11.9. The molecule has 2 aliphatic carbocycles. The van der Waals surface area contributed by atoms with Gasteiger partial charge >= 0.3 is 0 Å². The maximum atomic E-state index is 12.3. The van der Waals surface area contributed by atoms with Crippen molar-refractivity contribution in [2.24, 2.45) is 0 Å². The Morgan fingerprint density at radius 1 is 0.264 bits per heavy atom. The first-order valence-corrected chi connectivity index (χ1v) is 42.0. The van der Waals surface area contributed by atoms with Crippen LogP contribution in [0.15, 0.2) is 448 Å². The highest BCUT2D eigenvalue weighted by molar-refractivity contribution is 7.00. The van der Waals surface area contributed by atoms with Gasteiger partial charge in [-0.1, -0.05) is 397 Å². The molecule has 125 heavy (non-hydrogen) atoms. The topological polar surface area (TPSA) is 16.3 Å². The first-order valence-electron chi connectivity index (χ1n) is 53.0. The monoisotopic (exact) mass is 1610 g/mol. The molecule has 2 aromatic heterocycles. The van der Waals surface area contributed by atoms with E-state index in [4.69, 9.17) is 0 Å². The van der Waals surface area contributed by atoms with E-state index in [0.717, 1.165) is 75.9 Å². The minimum Gasteiger partial charge on any atom is -0.310 e. The SMILES string of the molecule is [2H]c1c([2H])c(-n2c3c([2H])c([2H])c([2H])c([2H])c3c3c([2H])c([2H])c([2H])c([2H])c32)c([2H])c2c1B1c3c(cc(C(C)(C)C)cc3N(c3c(-c4ccc5c(c4)C(c4ccccc4)(c4ccccc4)c4ccccc4-5)cccc3-c3ccc4c(c3)C(c3ccccc3)(c3ccccc3)c3ccccc3-4)c3c([2H])c(-n4c5c([2H])c([2H])c([2H])c([2H])c5c5c([2H])c([2H])c([2H])c([2H])c54)c([2H])c([2H])c31)N2c1c(-c2ccccc2)cccc1-c1ccccc1. The lowest BCUT2D eigenvalue weighted by Crippen LogP contribution is -2.61. The second kappa shape index (κ2) is 28.0. The van der Waals surface area contributed by atoms with Crippen molar-refractivity contribution in [2.75, 3.05) is 9.80 Å². The summed E-state index contributed by atoms with van der Waals surface area (Å²) in [5.74, 6) is 0. The highest BCUT2D eigenvalue weighted by Crippen LogP contribution is 2.62. The lowest BCUT2D eigenvalue weighted by Gasteiger charge is -2.46. The lowest BCUT2D eigenvalue weighted by atomic mass is 9.33. The molecule has 4 aliphatic rings. The standard InChI is InChI=1S/C120H83BN4/c1-118(2,3)86-74-113-115-114(75-86)125(117-91(80-64-68-95-93-48-22-28-58-101(93)119(103(95)72-80,82-40-14-6-15-41-82)83-42-16-7-17-43-83)56-35-57-92(117)81-65-69-96-94-49-23-29-59-102(94)120(104(96)73-81,84-44-18-8-19-45-84)85-46-20-9-21-47-85)112-77-88(123-109-62-32-26-52-99(109)100-53-27-33-63-110(100)123)67-71-106(112)121(115)105-70-66-87(122-107-60-30-24-50-97(107)98-51-25-31-61-108(98)122)76-111(105)124(113)116-89(78-36-10-4-11-37-78)54-34-55-90(116)79-38-12-5-13-39-79/h4-77H,1-3H3/i24D,25D,26D,27D,30D,31D,32D,33D,50D,51D,52D,53D,60D,61D,62D,63D,66D,67D,70D,71D,76D,77D. The lowest BCUT2D eigenvalue weighted by molar-refractivity contribution is 0.590. The molecule has 0 saturated carbocycles. The van der Waals surface area contributed by atoms with Crippen molar-refractivity contribution in [2.45, 2.75) is 37.0 Å². The van der Waals surface area contributed by atoms with Crippen LogP contribution < -0.4 is 26.2 Å². The Morgan fingerprint density at radius 3 is 0.920 bits per heavy atom. The van der Waals surface area contributed by atoms with Gasteiger partial charge < -0.3 is 18.9 Å². The number of anilines is 6. The van der Waals surface area contributed by atoms with Gasteiger partial charge in [0.1, 0.15) is 0 Å². The zero-order valence-corrected chi connectivity index (χ0v) is 67.9. The zero-order chi connectivity index (χ0) is 102. The van der Waals surface area contributed by atoms with Gasteiger partial charge in [0.15, 0.2) is 0 Å². The fourth-order valence-corrected chi connectivity index (χ4v) is 20.9. The summed E-state index contributed by atoms with van der Waals surface area (Å²) in [4.78, 5) is 3.84. The Morgan fingerprint density at radius 2 is 0.568 bits per heavy atom. The van der Waals surface area contributed by atoms with Crippen molar-refractivity contribution in [3.63, 3.8) is 0 Å². The predicted octanol–water partition coefficient (Wildman–Crippen LogP) is 28.7. The third kappa shape index (κ3) is 10.6. The Labute approximate surface area is 759 Å². The molecule has 0 unspecified atom stereocenters. The number of nitrogens with zero attached hydrogens (tertiary/aromatic N) is 4. The summed E-state index contributed by atoms with van der Waals surface area (Å²) in [6, 6.07) is 90.2. The number of hydrogen-bond donors (Lipinski definition) is 0. The van der Waals surface area contributed by atoms with Crippen molar-refractivity contribution >= 4 is 101 Å². The summed E-state index contributed by atoms with van der Waals surface area (Å²) >= 11 is 0. The maximum Gasteiger partial charge on any atom is 0.252 e. The van der Waals surface area contributed by atoms with Gasteiger partial charge in [0, 0.05) is 77.9 Å². The molecule has 0 spiro atoms. The minimum atomic E-state index is -1.72. The molecule has 5 heteroatoms. The van der Waals surface area contributed by atoms with Crippen LogP contribution >= 0.6 is 0 Å². The van der Waals surface area contributed by atoms with Gasteiger partial charge in [-0.3, -0.25) is 0 Å². The van der Waals surface area contributed by atoms with Crippen LogP contribution in [0.1, 0.15) is 101 Å². The quantitative estimate of drug-likeness (QED) is 0.113. The fraction of sp³-hybridized carbons (Fsp3) is 0.0500. The molecule has 0 N–H and O–H groups in total. The highest BCUT2D eigenvalue weighted by atomic mass is 15.2. The molecule has 0 fully saturated rings. The van der Waals surface area contributed by atoms with Crippen LogP contribution in [0.2, 0.25) is 0 Å². The van der Waals surface area contributed by atoms with E-state index in [9.17, 15) is 30.2 Å². The number of hydrogen-bond acceptors (Lipinski definition) is 2. The van der Waals surface area contributed by atoms with E-state index in [1.54, 1.807) is 0 Å². The van der Waals surface area contributed by atoms with Crippen LogP contribution in [0.5, 0.6) is 0 Å². The molecule has 19 aromatic carbocycles. The third-order valence-corrected chi connectivity index (χ3v) is 26.2. The van der Waals surface area contributed by atoms with Gasteiger partial charge in [0.25, 0.3) is 6.71 Å². The van der Waals surface area contributed by atoms with Crippen LogP contribution in [-0.4, -0.2) is 15.8 Å². The largest absolute Gasteiger partial charge is 0.310 e. The van der Waals surface area contributed by atoms with Crippen molar-refractivity contribution < 1.29 is 30.2 Å². The molecule has 0 atom stereocenters. The average Bonchev–Trinajstić information content (AvgIpc) is 1.63. The van der Waals surface area contributed by atoms with Gasteiger partial charge in [-0.15, -0.1) is 0 Å². The van der Waals surface area contributed by atoms with E-state index in [-0.39, 0.29) is 55.2 Å². The summed E-state index contributed by atoms with van der Waals surface area (Å²) in [6.45, 7) is 4.40. The fourth-order valence-electron chi connectivity index (χ4n) is 20.9. The summed E-state index contributed by atoms with van der Waals surface area (Å²) in [5, 5.41) is -1.47. The summed E-state index contributed by atoms with van der Waals surface area (Å²) in [7, 11) is 0. The average molecular weight is 1610 g/mol. The highest BCUT2D eigenvalue weighted by Gasteiger charge is 2.51. The molecule has 586 valence electrons. The molecular weight excluding hydrogens is 1510 g/mol. The molecule has 0 amide bonds. The molecule has 4 nitrogen and oxygen atoms in total. The summed E-state index contributed by atoms with van der Waals surface area (Å²) < 4.78 is 228. The number of rotatable bonds is 12. The second-order valence-corrected chi connectivity index (χ2v) is 33.5. The van der Waals surface area contributed by atoms with Crippen LogP contribution in [-0.2, 0) is 16.2 Å². The van der Waals surface area contributed by atoms with E-state index in [2.05, 4.69) is 121 Å². The van der Waals surface area contributed by atoms with Gasteiger partial charge in [0.05, 0.1) is 74.4 Å². The van der Waals surface area contributed by atoms with Crippen molar-refractivity contribution in [3.8, 4) is 78.1 Å². The number of benzene rings is 19. The molecule has 2 aliphatic heterocycles. The Bertz CT molecular complexity index is 8890. The van der Waals surface area contributed by atoms with Crippen molar-refractivity contribution in [3.05, 3.63) is 498 Å². The summed E-state index contributed by atoms with van der Waals surface area (Å²) in [6.07, 6.45) is 0. The van der Waals surface area contributed by atoms with Crippen LogP contribution in [0, 0.1) is 0 Å². The maximum absolute atomic E-state index is 12.3. The molecular formula is C120H83BN4. The van der Waals surface area contributed by atoms with Gasteiger partial charge in [0.2, 0.25) is 0 Å². The first-order chi connectivity index (χ1) is 70.9. The van der Waals surface area contributed by atoms with E-state index in [0.29, 0.717) is 66.9 Å². The van der Waals surface area contributed by atoms with Gasteiger partial charge in [-0.05, 0) is 189 Å². The molecule has 4 heterocycles. The molecule has 25 rings (SSSR count). The van der Waals surface area contributed by atoms with Crippen LogP contribution in [0.3, 0.4) is 0 Å². The van der Waals surface area contributed by atoms with Crippen LogP contribution in [0.4, 0.5) is 34.1 Å². The number of aromatic nitrogens is 2. The van der Waals surface area contributed by atoms with Crippen LogP contribution in [0.25, 0.3) is 122 Å². The second-order valence-electron chi connectivity index (χ2n) is 33.5. The molecule has 0 bridgehead atoms. The smallest absolute Gasteiger partial charge is 0.252 e. The Balaban J connectivity index is 0.913. The molecule has 0 radical (unpaired) electrons. The third-order valence-electron chi connectivity index (χ3n) is 26.2. The van der Waals surface area contributed by atoms with E-state index in [1.807, 2.05) is 225 Å². The van der Waals surface area contributed by atoms with Gasteiger partial charge in [-0.2, -0.15) is 0 Å². The summed E-state index contributed by atoms with van der Waals surface area (Å²) in [5.41, 5.74) is 11.7. The predicted molar refractivity (Wildman–Crippen MR) is 524 cm³/mol. The van der Waals surface area contributed by atoms with Crippen molar-refractivity contribution in [1.82, 2.24) is 9.13 Å². The molecule has 0 saturated heterocycles. The molecule has 21 aromatic rings. The van der Waals surface area contributed by atoms with E-state index >= 15 is 0 Å². The minimum absolute atomic E-state index is 0.181. The zero-order valence-electron chi connectivity index (χ0n) is 89.9. The number of para-hydroxylation sites is 6. The normalized spacial score (nSPS) is 16.1. The first kappa shape index (κ1) is 53.3. The van der Waals surface area contributed by atoms with Crippen molar-refractivity contribution in [1.29, 1.82) is 0 Å². The van der Waals surface area contributed by atoms with E-state index < -0.39 is 189 Å². The van der Waals surface area contributed by atoms with E-state index in [1.165, 1.54) is 0 Å². The number of fused-ring (bicyclic) bond motifs is 16. The Hall–Kier alpha value is -15.6. The van der Waals surface area contributed by atoms with Gasteiger partial charge in [-0.25, -0.2) is 0 Å².